The maximum atomic E-state index is 4.02. The second-order valence-corrected chi connectivity index (χ2v) is 3.49. The summed E-state index contributed by atoms with van der Waals surface area (Å²) in [6, 6.07) is 2.09. The average molecular weight is 248 g/mol. The van der Waals surface area contributed by atoms with Crippen LogP contribution in [0.3, 0.4) is 0 Å². The first-order valence-electron chi connectivity index (χ1n) is 2.62. The molecule has 0 aromatic carbocycles. The van der Waals surface area contributed by atoms with Gasteiger partial charge in [-0.1, -0.05) is 0 Å². The van der Waals surface area contributed by atoms with E-state index in [4.69, 9.17) is 0 Å². The van der Waals surface area contributed by atoms with Gasteiger partial charge in [-0.3, -0.25) is 0 Å². The molecule has 0 aliphatic carbocycles. The fourth-order valence-corrected chi connectivity index (χ4v) is 1.45. The summed E-state index contributed by atoms with van der Waals surface area (Å²) in [5.41, 5.74) is 1.30. The zero-order valence-corrected chi connectivity index (χ0v) is 8.85. The molecule has 1 unspecified atom stereocenters. The van der Waals surface area contributed by atoms with Crippen molar-refractivity contribution in [1.29, 1.82) is 0 Å². The van der Waals surface area contributed by atoms with Gasteiger partial charge in [0, 0.05) is 0 Å². The van der Waals surface area contributed by atoms with Crippen molar-refractivity contribution in [2.75, 3.05) is 0 Å². The summed E-state index contributed by atoms with van der Waals surface area (Å²) in [4.78, 5) is 4.02. The summed E-state index contributed by atoms with van der Waals surface area (Å²) < 4.78 is 1.07. The van der Waals surface area contributed by atoms with Gasteiger partial charge >= 0.3 is 71.5 Å². The Morgan fingerprint density at radius 3 is 2.78 bits per heavy atom. The van der Waals surface area contributed by atoms with Gasteiger partial charge < -0.3 is 0 Å². The molecule has 0 aliphatic heterocycles. The molecule has 1 aromatic heterocycles. The molecule has 0 amide bonds. The molecule has 9 heavy (non-hydrogen) atoms. The Bertz CT molecular complexity index is 202. The van der Waals surface area contributed by atoms with Crippen LogP contribution >= 0.6 is 15.9 Å². The zero-order valence-electron chi connectivity index (χ0n) is 4.84. The van der Waals surface area contributed by atoms with E-state index < -0.39 is 0 Å². The van der Waals surface area contributed by atoms with E-state index in [1.165, 1.54) is 5.56 Å². The van der Waals surface area contributed by atoms with Crippen molar-refractivity contribution in [2.24, 2.45) is 0 Å². The van der Waals surface area contributed by atoms with Crippen molar-refractivity contribution < 1.29 is 0 Å². The third-order valence-corrected chi connectivity index (χ3v) is 2.42. The third-order valence-electron chi connectivity index (χ3n) is 0.997. The predicted molar refractivity (Wildman–Crippen MR) is 44.2 cm³/mol. The molecular formula is C6H7AsBrN. The van der Waals surface area contributed by atoms with Crippen LogP contribution in [0.5, 0.6) is 0 Å². The van der Waals surface area contributed by atoms with E-state index in [-0.39, 0.29) is 0 Å². The molecule has 1 heterocycles. The van der Waals surface area contributed by atoms with Crippen LogP contribution < -0.4 is 0 Å². The van der Waals surface area contributed by atoms with Gasteiger partial charge in [0.05, 0.1) is 0 Å². The molecule has 0 bridgehead atoms. The maximum absolute atomic E-state index is 4.02. The first-order chi connectivity index (χ1) is 4.33. The van der Waals surface area contributed by atoms with Gasteiger partial charge in [0.15, 0.2) is 0 Å². The summed E-state index contributed by atoms with van der Waals surface area (Å²) in [6.07, 6.45) is 3.69. The topological polar surface area (TPSA) is 12.9 Å². The SMILES string of the molecule is [AsH2]Cc1cncc(Br)c1. The standard InChI is InChI=1S/C6H7AsBrN/c7-2-5-1-6(8)4-9-3-5/h1,3-4H,2,7H2. The molecule has 0 spiro atoms. The van der Waals surface area contributed by atoms with E-state index in [2.05, 4.69) is 27.0 Å². The summed E-state index contributed by atoms with van der Waals surface area (Å²) >= 11 is 5.06. The number of hydrogen-bond acceptors (Lipinski definition) is 1. The number of pyridine rings is 1. The minimum atomic E-state index is 1.07. The molecular weight excluding hydrogens is 241 g/mol. The van der Waals surface area contributed by atoms with Crippen molar-refractivity contribution in [3.05, 3.63) is 28.5 Å². The Hall–Kier alpha value is 0.188. The Balaban J connectivity index is 2.94. The van der Waals surface area contributed by atoms with Crippen molar-refractivity contribution >= 4 is 32.8 Å². The summed E-state index contributed by atoms with van der Waals surface area (Å²) in [7, 11) is 0. The van der Waals surface area contributed by atoms with Crippen LogP contribution in [0, 0.1) is 0 Å². The summed E-state index contributed by atoms with van der Waals surface area (Å²) in [6.45, 7) is 0. The second kappa shape index (κ2) is 3.38. The number of halogens is 1. The van der Waals surface area contributed by atoms with Crippen LogP contribution in [0.1, 0.15) is 5.56 Å². The van der Waals surface area contributed by atoms with Gasteiger partial charge in [0.2, 0.25) is 0 Å². The molecule has 0 fully saturated rings. The zero-order chi connectivity index (χ0) is 6.69. The first kappa shape index (κ1) is 7.30. The molecule has 1 rings (SSSR count). The van der Waals surface area contributed by atoms with Gasteiger partial charge in [0.25, 0.3) is 0 Å². The van der Waals surface area contributed by atoms with E-state index in [1.807, 2.05) is 6.20 Å². The Morgan fingerprint density at radius 1 is 1.56 bits per heavy atom. The minimum absolute atomic E-state index is 1.07. The molecule has 1 aromatic rings. The Morgan fingerprint density at radius 2 is 2.33 bits per heavy atom. The van der Waals surface area contributed by atoms with E-state index >= 15 is 0 Å². The van der Waals surface area contributed by atoms with Gasteiger partial charge in [-0.15, -0.1) is 0 Å². The van der Waals surface area contributed by atoms with Gasteiger partial charge in [0.1, 0.15) is 0 Å². The van der Waals surface area contributed by atoms with Crippen molar-refractivity contribution in [3.8, 4) is 0 Å². The molecule has 0 saturated heterocycles. The molecule has 48 valence electrons. The molecule has 0 radical (unpaired) electrons. The van der Waals surface area contributed by atoms with Gasteiger partial charge in [-0.2, -0.15) is 0 Å². The molecule has 0 saturated carbocycles. The quantitative estimate of drug-likeness (QED) is 0.675. The van der Waals surface area contributed by atoms with Crippen LogP contribution in [0.15, 0.2) is 22.9 Å². The fraction of sp³-hybridized carbons (Fsp3) is 0.167. The van der Waals surface area contributed by atoms with Crippen LogP contribution in [0.25, 0.3) is 0 Å². The molecule has 1 atom stereocenters. The van der Waals surface area contributed by atoms with Crippen LogP contribution in [0.2, 0.25) is 0 Å². The Kier molecular flexibility index (Phi) is 2.74. The van der Waals surface area contributed by atoms with Crippen LogP contribution in [-0.2, 0) is 5.21 Å². The Labute approximate surface area is 71.5 Å². The number of hydrogen-bond donors (Lipinski definition) is 0. The molecule has 0 N–H and O–H groups in total. The number of nitrogens with zero attached hydrogens (tertiary/aromatic N) is 1. The van der Waals surface area contributed by atoms with E-state index in [1.54, 1.807) is 23.0 Å². The van der Waals surface area contributed by atoms with Crippen LogP contribution in [-0.4, -0.2) is 21.8 Å². The molecule has 3 heteroatoms. The normalized spacial score (nSPS) is 9.56. The van der Waals surface area contributed by atoms with Crippen molar-refractivity contribution in [2.45, 2.75) is 5.21 Å². The van der Waals surface area contributed by atoms with E-state index in [9.17, 15) is 0 Å². The van der Waals surface area contributed by atoms with E-state index in [0.29, 0.717) is 0 Å². The monoisotopic (exact) mass is 247 g/mol. The molecule has 1 nitrogen and oxygen atoms in total. The number of rotatable bonds is 1. The van der Waals surface area contributed by atoms with Crippen LogP contribution in [0.4, 0.5) is 0 Å². The third kappa shape index (κ3) is 2.11. The molecule has 0 aliphatic rings. The van der Waals surface area contributed by atoms with Crippen molar-refractivity contribution in [3.63, 3.8) is 0 Å². The summed E-state index contributed by atoms with van der Waals surface area (Å²) in [5, 5.41) is 1.11. The fourth-order valence-electron chi connectivity index (χ4n) is 0.567. The van der Waals surface area contributed by atoms with Crippen molar-refractivity contribution in [1.82, 2.24) is 4.98 Å². The average Bonchev–Trinajstić information content (AvgIpc) is 1.88. The second-order valence-electron chi connectivity index (χ2n) is 1.72. The van der Waals surface area contributed by atoms with E-state index in [0.717, 1.165) is 9.68 Å². The van der Waals surface area contributed by atoms with Gasteiger partial charge in [-0.05, 0) is 0 Å². The first-order valence-corrected chi connectivity index (χ1v) is 5.13. The predicted octanol–water partition coefficient (Wildman–Crippen LogP) is 0.977. The summed E-state index contributed by atoms with van der Waals surface area (Å²) in [5.74, 6) is 0. The van der Waals surface area contributed by atoms with Gasteiger partial charge in [-0.25, -0.2) is 0 Å². The number of aromatic nitrogens is 1.